The molecule has 1 saturated heterocycles. The van der Waals surface area contributed by atoms with Crippen LogP contribution in [0.2, 0.25) is 5.02 Å². The number of carbonyl (C=O) groups is 1. The predicted molar refractivity (Wildman–Crippen MR) is 92.7 cm³/mol. The second-order valence-electron chi connectivity index (χ2n) is 6.50. The number of nitriles is 1. The highest BCUT2D eigenvalue weighted by molar-refractivity contribution is 6.31. The van der Waals surface area contributed by atoms with Crippen molar-refractivity contribution in [2.24, 2.45) is 0 Å². The molecule has 1 aromatic heterocycles. The van der Waals surface area contributed by atoms with Crippen molar-refractivity contribution in [3.05, 3.63) is 46.2 Å². The van der Waals surface area contributed by atoms with Gasteiger partial charge in [-0.25, -0.2) is 9.37 Å². The molecule has 2 fully saturated rings. The van der Waals surface area contributed by atoms with E-state index in [-0.39, 0.29) is 17.2 Å². The molecule has 1 aromatic carbocycles. The van der Waals surface area contributed by atoms with E-state index in [1.54, 1.807) is 4.90 Å². The number of nitrogens with zero attached hydrogens (tertiary/aromatic N) is 4. The Labute approximate surface area is 154 Å². The van der Waals surface area contributed by atoms with E-state index in [0.29, 0.717) is 48.9 Å². The number of halogens is 2. The lowest BCUT2D eigenvalue weighted by molar-refractivity contribution is 0.0740. The number of carbonyl (C=O) groups excluding carboxylic acids is 1. The molecule has 2 aliphatic rings. The van der Waals surface area contributed by atoms with Crippen molar-refractivity contribution in [3.63, 3.8) is 0 Å². The molecular weight excluding hydrogens is 359 g/mol. The van der Waals surface area contributed by atoms with Crippen LogP contribution in [0.25, 0.3) is 0 Å². The fraction of sp³-hybridized carbons (Fsp3) is 0.389. The third-order valence-corrected chi connectivity index (χ3v) is 4.91. The summed E-state index contributed by atoms with van der Waals surface area (Å²) in [6.07, 6.45) is 2.08. The summed E-state index contributed by atoms with van der Waals surface area (Å²) in [5, 5.41) is 9.61. The fourth-order valence-electron chi connectivity index (χ4n) is 3.06. The van der Waals surface area contributed by atoms with Crippen LogP contribution < -0.4 is 4.90 Å². The number of hydrogen-bond donors (Lipinski definition) is 0. The van der Waals surface area contributed by atoms with E-state index in [1.165, 1.54) is 18.2 Å². The molecule has 134 valence electrons. The maximum atomic E-state index is 13.9. The number of hydrogen-bond acceptors (Lipinski definition) is 5. The van der Waals surface area contributed by atoms with Crippen molar-refractivity contribution in [1.82, 2.24) is 9.88 Å². The zero-order chi connectivity index (χ0) is 18.3. The summed E-state index contributed by atoms with van der Waals surface area (Å²) >= 11 is 5.87. The maximum absolute atomic E-state index is 13.9. The van der Waals surface area contributed by atoms with Gasteiger partial charge in [-0.3, -0.25) is 4.79 Å². The molecule has 1 amide bonds. The van der Waals surface area contributed by atoms with Crippen LogP contribution in [0.3, 0.4) is 0 Å². The van der Waals surface area contributed by atoms with Gasteiger partial charge in [0.1, 0.15) is 11.9 Å². The smallest absolute Gasteiger partial charge is 0.257 e. The Bertz CT molecular complexity index is 895. The van der Waals surface area contributed by atoms with Gasteiger partial charge in [0.2, 0.25) is 17.5 Å². The van der Waals surface area contributed by atoms with Crippen LogP contribution in [0.5, 0.6) is 0 Å². The molecule has 2 aromatic rings. The Morgan fingerprint density at radius 3 is 2.69 bits per heavy atom. The summed E-state index contributed by atoms with van der Waals surface area (Å²) in [5.41, 5.74) is 0.256. The van der Waals surface area contributed by atoms with Crippen molar-refractivity contribution < 1.29 is 13.6 Å². The third kappa shape index (κ3) is 3.13. The number of rotatable bonds is 3. The molecular formula is C18H16ClFN4O2. The normalized spacial score (nSPS) is 17.3. The fourth-order valence-corrected chi connectivity index (χ4v) is 3.24. The number of oxazole rings is 1. The Kier molecular flexibility index (Phi) is 4.29. The third-order valence-electron chi connectivity index (χ3n) is 4.67. The average Bonchev–Trinajstić information content (AvgIpc) is 3.42. The largest absolute Gasteiger partial charge is 0.423 e. The van der Waals surface area contributed by atoms with Gasteiger partial charge < -0.3 is 14.2 Å². The molecule has 6 nitrogen and oxygen atoms in total. The predicted octanol–water partition coefficient (Wildman–Crippen LogP) is 3.18. The molecule has 1 aliphatic heterocycles. The summed E-state index contributed by atoms with van der Waals surface area (Å²) in [6.45, 7) is 1.77. The topological polar surface area (TPSA) is 73.4 Å². The standard InChI is InChI=1S/C18H16ClFN4O2/c19-12-3-4-14(20)13(9-12)17(25)23-5-7-24(8-6-23)18-15(10-21)22-16(26-18)11-1-2-11/h3-4,9,11H,1-2,5-8H2. The molecule has 8 heteroatoms. The van der Waals surface area contributed by atoms with E-state index in [0.717, 1.165) is 12.8 Å². The lowest BCUT2D eigenvalue weighted by Gasteiger charge is -2.34. The van der Waals surface area contributed by atoms with E-state index >= 15 is 0 Å². The first kappa shape index (κ1) is 16.9. The van der Waals surface area contributed by atoms with Crippen molar-refractivity contribution >= 4 is 23.4 Å². The van der Waals surface area contributed by atoms with E-state index in [9.17, 15) is 14.4 Å². The van der Waals surface area contributed by atoms with Crippen molar-refractivity contribution in [1.29, 1.82) is 5.26 Å². The van der Waals surface area contributed by atoms with Crippen molar-refractivity contribution in [2.45, 2.75) is 18.8 Å². The van der Waals surface area contributed by atoms with E-state index in [4.69, 9.17) is 16.0 Å². The molecule has 0 atom stereocenters. The van der Waals surface area contributed by atoms with Gasteiger partial charge in [0, 0.05) is 37.1 Å². The highest BCUT2D eigenvalue weighted by atomic mass is 35.5. The second-order valence-corrected chi connectivity index (χ2v) is 6.93. The van der Waals surface area contributed by atoms with Crippen molar-refractivity contribution in [3.8, 4) is 6.07 Å². The molecule has 4 rings (SSSR count). The van der Waals surface area contributed by atoms with E-state index in [1.807, 2.05) is 4.90 Å². The van der Waals surface area contributed by atoms with Crippen LogP contribution in [0.15, 0.2) is 22.6 Å². The Morgan fingerprint density at radius 2 is 2.04 bits per heavy atom. The minimum absolute atomic E-state index is 0.0284. The van der Waals surface area contributed by atoms with Crippen LogP contribution in [0.4, 0.5) is 10.3 Å². The van der Waals surface area contributed by atoms with E-state index < -0.39 is 5.82 Å². The molecule has 0 N–H and O–H groups in total. The van der Waals surface area contributed by atoms with Gasteiger partial charge in [0.05, 0.1) is 5.56 Å². The minimum atomic E-state index is -0.585. The van der Waals surface area contributed by atoms with Gasteiger partial charge in [-0.2, -0.15) is 5.26 Å². The van der Waals surface area contributed by atoms with Crippen LogP contribution in [0.1, 0.15) is 40.7 Å². The number of amides is 1. The van der Waals surface area contributed by atoms with Gasteiger partial charge in [-0.05, 0) is 31.0 Å². The van der Waals surface area contributed by atoms with Crippen LogP contribution >= 0.6 is 11.6 Å². The lowest BCUT2D eigenvalue weighted by Crippen LogP contribution is -2.49. The zero-order valence-corrected chi connectivity index (χ0v) is 14.7. The summed E-state index contributed by atoms with van der Waals surface area (Å²) in [5.74, 6) is 0.440. The van der Waals surface area contributed by atoms with Crippen LogP contribution in [0, 0.1) is 17.1 Å². The number of aromatic nitrogens is 1. The summed E-state index contributed by atoms with van der Waals surface area (Å²) in [7, 11) is 0. The first-order chi connectivity index (χ1) is 12.6. The van der Waals surface area contributed by atoms with Gasteiger partial charge in [0.25, 0.3) is 5.91 Å². The molecule has 0 radical (unpaired) electrons. The Morgan fingerprint density at radius 1 is 1.31 bits per heavy atom. The molecule has 26 heavy (non-hydrogen) atoms. The number of benzene rings is 1. The zero-order valence-electron chi connectivity index (χ0n) is 13.9. The summed E-state index contributed by atoms with van der Waals surface area (Å²) < 4.78 is 19.7. The highest BCUT2D eigenvalue weighted by Gasteiger charge is 2.33. The quantitative estimate of drug-likeness (QED) is 0.825. The number of anilines is 1. The van der Waals surface area contributed by atoms with Crippen molar-refractivity contribution in [2.75, 3.05) is 31.1 Å². The Balaban J connectivity index is 1.47. The average molecular weight is 375 g/mol. The molecule has 0 bridgehead atoms. The van der Waals surface area contributed by atoms with Gasteiger partial charge in [-0.15, -0.1) is 0 Å². The first-order valence-corrected chi connectivity index (χ1v) is 8.84. The van der Waals surface area contributed by atoms with Gasteiger partial charge in [-0.1, -0.05) is 11.6 Å². The molecule has 2 heterocycles. The van der Waals surface area contributed by atoms with Gasteiger partial charge in [0.15, 0.2) is 0 Å². The highest BCUT2D eigenvalue weighted by Crippen LogP contribution is 2.41. The SMILES string of the molecule is N#Cc1nc(C2CC2)oc1N1CCN(C(=O)c2cc(Cl)ccc2F)CC1. The molecule has 0 unspecified atom stereocenters. The van der Waals surface area contributed by atoms with Gasteiger partial charge >= 0.3 is 0 Å². The minimum Gasteiger partial charge on any atom is -0.423 e. The summed E-state index contributed by atoms with van der Waals surface area (Å²) in [4.78, 5) is 20.3. The molecule has 0 spiro atoms. The second kappa shape index (κ2) is 6.61. The first-order valence-electron chi connectivity index (χ1n) is 8.47. The van der Waals surface area contributed by atoms with Crippen LogP contribution in [-0.2, 0) is 0 Å². The van der Waals surface area contributed by atoms with E-state index in [2.05, 4.69) is 11.1 Å². The Hall–Kier alpha value is -2.59. The lowest BCUT2D eigenvalue weighted by atomic mass is 10.1. The maximum Gasteiger partial charge on any atom is 0.257 e. The number of piperazine rings is 1. The molecule has 1 aliphatic carbocycles. The van der Waals surface area contributed by atoms with Crippen LogP contribution in [-0.4, -0.2) is 42.0 Å². The molecule has 1 saturated carbocycles. The monoisotopic (exact) mass is 374 g/mol. The summed E-state index contributed by atoms with van der Waals surface area (Å²) in [6, 6.07) is 6.03.